The minimum atomic E-state index is -0.972. The molecule has 144 valence electrons. The average Bonchev–Trinajstić information content (AvgIpc) is 3.05. The molecular weight excluding hydrogens is 354 g/mol. The van der Waals surface area contributed by atoms with Gasteiger partial charge in [0.1, 0.15) is 0 Å². The van der Waals surface area contributed by atoms with Gasteiger partial charge in [0, 0.05) is 18.2 Å². The third kappa shape index (κ3) is 3.51. The van der Waals surface area contributed by atoms with Crippen LogP contribution in [0.15, 0.2) is 54.6 Å². The van der Waals surface area contributed by atoms with Gasteiger partial charge in [-0.1, -0.05) is 30.3 Å². The highest BCUT2D eigenvalue weighted by Crippen LogP contribution is 2.32. The fourth-order valence-corrected chi connectivity index (χ4v) is 3.84. The molecule has 4 rings (SSSR count). The summed E-state index contributed by atoms with van der Waals surface area (Å²) in [6.07, 6.45) is 2.55. The molecule has 1 heterocycles. The lowest BCUT2D eigenvalue weighted by Crippen LogP contribution is -2.35. The Labute approximate surface area is 163 Å². The van der Waals surface area contributed by atoms with E-state index in [1.165, 1.54) is 22.4 Å². The van der Waals surface area contributed by atoms with Crippen molar-refractivity contribution in [2.75, 3.05) is 7.05 Å². The third-order valence-electron chi connectivity index (χ3n) is 5.45. The first kappa shape index (κ1) is 18.3. The second kappa shape index (κ2) is 7.48. The summed E-state index contributed by atoms with van der Waals surface area (Å²) in [4.78, 5) is 13.4. The van der Waals surface area contributed by atoms with Crippen LogP contribution in [0.4, 0.5) is 0 Å². The second-order valence-corrected chi connectivity index (χ2v) is 7.31. The Morgan fingerprint density at radius 3 is 2.57 bits per heavy atom. The summed E-state index contributed by atoms with van der Waals surface area (Å²) < 4.78 is 1.51. The summed E-state index contributed by atoms with van der Waals surface area (Å²) in [7, 11) is 2.12. The molecule has 1 aliphatic rings. The van der Waals surface area contributed by atoms with Gasteiger partial charge in [0.15, 0.2) is 0 Å². The first-order chi connectivity index (χ1) is 13.5. The fourth-order valence-electron chi connectivity index (χ4n) is 3.84. The number of likely N-dealkylation sites (N-methyl/N-ethyl adjacent to an activating group) is 1. The summed E-state index contributed by atoms with van der Waals surface area (Å²) in [6, 6.07) is 17.1. The van der Waals surface area contributed by atoms with E-state index in [0.717, 1.165) is 37.1 Å². The zero-order valence-corrected chi connectivity index (χ0v) is 15.7. The quantitative estimate of drug-likeness (QED) is 0.714. The van der Waals surface area contributed by atoms with E-state index in [0.29, 0.717) is 11.7 Å². The molecular formula is C22H23N3O3. The number of carbonyl (C=O) groups is 1. The molecule has 3 aromatic rings. The maximum Gasteiger partial charge on any atom is 0.335 e. The lowest BCUT2D eigenvalue weighted by atomic mass is 9.92. The Balaban J connectivity index is 1.53. The molecule has 2 aromatic carbocycles. The summed E-state index contributed by atoms with van der Waals surface area (Å²) in [5.41, 5.74) is 3.95. The van der Waals surface area contributed by atoms with E-state index in [1.807, 2.05) is 18.2 Å². The molecule has 1 aromatic heterocycles. The molecule has 2 N–H and O–H groups in total. The van der Waals surface area contributed by atoms with Crippen molar-refractivity contribution in [2.45, 2.75) is 31.8 Å². The molecule has 28 heavy (non-hydrogen) atoms. The van der Waals surface area contributed by atoms with Crippen LogP contribution in [0, 0.1) is 0 Å². The lowest BCUT2D eigenvalue weighted by molar-refractivity contribution is 0.0697. The monoisotopic (exact) mass is 377 g/mol. The molecule has 0 fully saturated rings. The molecule has 0 aliphatic heterocycles. The van der Waals surface area contributed by atoms with Gasteiger partial charge in [0.05, 0.1) is 16.9 Å². The van der Waals surface area contributed by atoms with Crippen LogP contribution in [0.2, 0.25) is 0 Å². The highest BCUT2D eigenvalue weighted by molar-refractivity contribution is 5.87. The van der Waals surface area contributed by atoms with E-state index in [9.17, 15) is 9.90 Å². The van der Waals surface area contributed by atoms with Crippen LogP contribution in [0.25, 0.3) is 5.69 Å². The van der Waals surface area contributed by atoms with E-state index in [1.54, 1.807) is 12.1 Å². The van der Waals surface area contributed by atoms with Crippen LogP contribution < -0.4 is 0 Å². The number of hydrogen-bond donors (Lipinski definition) is 2. The lowest BCUT2D eigenvalue weighted by Gasteiger charge is -2.30. The SMILES string of the molecule is CN(Cc1ccccc1)C1CCc2nn(-c3ccc(C(=O)O)cc3)c(O)c2C1. The van der Waals surface area contributed by atoms with E-state index in [-0.39, 0.29) is 11.4 Å². The summed E-state index contributed by atoms with van der Waals surface area (Å²) in [6.45, 7) is 0.867. The zero-order chi connectivity index (χ0) is 19.7. The predicted octanol–water partition coefficient (Wildman–Crippen LogP) is 3.27. The van der Waals surface area contributed by atoms with E-state index in [2.05, 4.69) is 29.2 Å². The van der Waals surface area contributed by atoms with Crippen LogP contribution in [0.1, 0.15) is 33.6 Å². The van der Waals surface area contributed by atoms with Crippen molar-refractivity contribution in [2.24, 2.45) is 0 Å². The molecule has 1 aliphatic carbocycles. The number of carboxylic acids is 1. The number of aromatic nitrogens is 2. The van der Waals surface area contributed by atoms with Crippen molar-refractivity contribution in [1.29, 1.82) is 0 Å². The van der Waals surface area contributed by atoms with E-state index < -0.39 is 5.97 Å². The number of hydrogen-bond acceptors (Lipinski definition) is 4. The molecule has 6 heteroatoms. The molecule has 0 saturated carbocycles. The molecule has 0 amide bonds. The minimum absolute atomic E-state index is 0.149. The van der Waals surface area contributed by atoms with Gasteiger partial charge >= 0.3 is 5.97 Å². The van der Waals surface area contributed by atoms with Gasteiger partial charge in [0.25, 0.3) is 0 Å². The van der Waals surface area contributed by atoms with Gasteiger partial charge in [-0.05, 0) is 56.1 Å². The highest BCUT2D eigenvalue weighted by atomic mass is 16.4. The van der Waals surface area contributed by atoms with Crippen molar-refractivity contribution in [3.05, 3.63) is 77.0 Å². The van der Waals surface area contributed by atoms with Crippen molar-refractivity contribution < 1.29 is 15.0 Å². The standard InChI is InChI=1S/C22H23N3O3/c1-24(14-15-5-3-2-4-6-15)18-11-12-20-19(13-18)21(26)25(23-20)17-9-7-16(8-10-17)22(27)28/h2-10,18,26H,11-14H2,1H3,(H,27,28). The average molecular weight is 377 g/mol. The number of aromatic carboxylic acids is 1. The summed E-state index contributed by atoms with van der Waals surface area (Å²) in [5.74, 6) is -0.823. The van der Waals surface area contributed by atoms with Gasteiger partial charge in [0.2, 0.25) is 5.88 Å². The van der Waals surface area contributed by atoms with Crippen LogP contribution in [0.5, 0.6) is 5.88 Å². The van der Waals surface area contributed by atoms with E-state index >= 15 is 0 Å². The van der Waals surface area contributed by atoms with Crippen molar-refractivity contribution >= 4 is 5.97 Å². The Morgan fingerprint density at radius 2 is 1.89 bits per heavy atom. The Hall–Kier alpha value is -3.12. The minimum Gasteiger partial charge on any atom is -0.493 e. The maximum absolute atomic E-state index is 11.0. The van der Waals surface area contributed by atoms with Gasteiger partial charge < -0.3 is 10.2 Å². The number of aromatic hydroxyl groups is 1. The van der Waals surface area contributed by atoms with Gasteiger partial charge in [-0.25, -0.2) is 9.48 Å². The van der Waals surface area contributed by atoms with E-state index in [4.69, 9.17) is 5.11 Å². The van der Waals surface area contributed by atoms with Gasteiger partial charge in [-0.15, -0.1) is 0 Å². The smallest absolute Gasteiger partial charge is 0.335 e. The molecule has 0 saturated heterocycles. The summed E-state index contributed by atoms with van der Waals surface area (Å²) in [5, 5.41) is 24.4. The zero-order valence-electron chi connectivity index (χ0n) is 15.7. The normalized spacial score (nSPS) is 16.1. The van der Waals surface area contributed by atoms with Crippen LogP contribution in [-0.2, 0) is 19.4 Å². The molecule has 0 radical (unpaired) electrons. The first-order valence-corrected chi connectivity index (χ1v) is 9.40. The number of nitrogens with zero attached hydrogens (tertiary/aromatic N) is 3. The molecule has 0 spiro atoms. The molecule has 1 unspecified atom stereocenters. The predicted molar refractivity (Wildman–Crippen MR) is 106 cm³/mol. The number of rotatable bonds is 5. The number of benzene rings is 2. The fraction of sp³-hybridized carbons (Fsp3) is 0.273. The Bertz CT molecular complexity index is 980. The van der Waals surface area contributed by atoms with Gasteiger partial charge in [-0.2, -0.15) is 5.10 Å². The summed E-state index contributed by atoms with van der Waals surface area (Å²) >= 11 is 0. The van der Waals surface area contributed by atoms with Crippen molar-refractivity contribution in [3.8, 4) is 11.6 Å². The van der Waals surface area contributed by atoms with Crippen LogP contribution >= 0.6 is 0 Å². The topological polar surface area (TPSA) is 78.6 Å². The van der Waals surface area contributed by atoms with Gasteiger partial charge in [-0.3, -0.25) is 4.90 Å². The largest absolute Gasteiger partial charge is 0.493 e. The third-order valence-corrected chi connectivity index (χ3v) is 5.45. The second-order valence-electron chi connectivity index (χ2n) is 7.31. The number of aryl methyl sites for hydroxylation is 1. The highest BCUT2D eigenvalue weighted by Gasteiger charge is 2.28. The van der Waals surface area contributed by atoms with Crippen molar-refractivity contribution in [3.63, 3.8) is 0 Å². The molecule has 0 bridgehead atoms. The molecule has 1 atom stereocenters. The van der Waals surface area contributed by atoms with Crippen LogP contribution in [0.3, 0.4) is 0 Å². The number of fused-ring (bicyclic) bond motifs is 1. The first-order valence-electron chi connectivity index (χ1n) is 9.40. The molecule has 6 nitrogen and oxygen atoms in total. The maximum atomic E-state index is 11.0. The Morgan fingerprint density at radius 1 is 1.18 bits per heavy atom. The number of carboxylic acid groups (broad SMARTS) is 1. The van der Waals surface area contributed by atoms with Crippen molar-refractivity contribution in [1.82, 2.24) is 14.7 Å². The Kier molecular flexibility index (Phi) is 4.88. The van der Waals surface area contributed by atoms with Crippen LogP contribution in [-0.4, -0.2) is 44.0 Å².